The van der Waals surface area contributed by atoms with Crippen LogP contribution in [0.2, 0.25) is 0 Å². The second-order valence-electron chi connectivity index (χ2n) is 5.22. The van der Waals surface area contributed by atoms with Crippen molar-refractivity contribution < 1.29 is 14.6 Å². The van der Waals surface area contributed by atoms with E-state index in [9.17, 15) is 5.11 Å². The van der Waals surface area contributed by atoms with Gasteiger partial charge in [0.05, 0.1) is 7.11 Å². The van der Waals surface area contributed by atoms with Gasteiger partial charge in [-0.15, -0.1) is 0 Å². The van der Waals surface area contributed by atoms with Gasteiger partial charge in [-0.2, -0.15) is 0 Å². The zero-order chi connectivity index (χ0) is 19.4. The van der Waals surface area contributed by atoms with Crippen molar-refractivity contribution in [3.05, 3.63) is 47.5 Å². The van der Waals surface area contributed by atoms with Crippen LogP contribution in [0.1, 0.15) is 65.0 Å². The Balaban J connectivity index is 0.00000134. The van der Waals surface area contributed by atoms with Crippen molar-refractivity contribution in [2.75, 3.05) is 7.11 Å². The quantitative estimate of drug-likeness (QED) is 0.629. The van der Waals surface area contributed by atoms with Crippen LogP contribution in [0.15, 0.2) is 36.4 Å². The average Bonchev–Trinajstić information content (AvgIpc) is 2.67. The fourth-order valence-electron chi connectivity index (χ4n) is 2.36. The number of phenolic OH excluding ortho intramolecular Hbond substituents is 1. The van der Waals surface area contributed by atoms with E-state index in [0.29, 0.717) is 17.4 Å². The molecule has 2 aromatic rings. The summed E-state index contributed by atoms with van der Waals surface area (Å²) >= 11 is 0. The van der Waals surface area contributed by atoms with Gasteiger partial charge in [0.25, 0.3) is 0 Å². The van der Waals surface area contributed by atoms with Crippen LogP contribution < -0.4 is 9.47 Å². The van der Waals surface area contributed by atoms with Crippen LogP contribution in [0.3, 0.4) is 0 Å². The van der Waals surface area contributed by atoms with Gasteiger partial charge < -0.3 is 14.6 Å². The molecule has 25 heavy (non-hydrogen) atoms. The molecule has 1 N–H and O–H groups in total. The van der Waals surface area contributed by atoms with E-state index in [2.05, 4.69) is 26.8 Å². The summed E-state index contributed by atoms with van der Waals surface area (Å²) < 4.78 is 11.4. The summed E-state index contributed by atoms with van der Waals surface area (Å²) in [6, 6.07) is 10.7. The van der Waals surface area contributed by atoms with Crippen molar-refractivity contribution in [1.82, 2.24) is 0 Å². The lowest BCUT2D eigenvalue weighted by molar-refractivity contribution is 0.376. The Bertz CT molecular complexity index is 603. The van der Waals surface area contributed by atoms with Gasteiger partial charge in [0, 0.05) is 0 Å². The molecule has 0 amide bonds. The highest BCUT2D eigenvalue weighted by molar-refractivity contribution is 5.53. The largest absolute Gasteiger partial charge is 0.508 e. The smallest absolute Gasteiger partial charge is 0.172 e. The first-order chi connectivity index (χ1) is 12.1. The first-order valence-electron chi connectivity index (χ1n) is 9.21. The maximum absolute atomic E-state index is 9.35. The first kappa shape index (κ1) is 22.8. The van der Waals surface area contributed by atoms with Crippen molar-refractivity contribution in [3.8, 4) is 23.0 Å². The number of aromatic hydroxyl groups is 1. The van der Waals surface area contributed by atoms with Crippen molar-refractivity contribution >= 4 is 0 Å². The van der Waals surface area contributed by atoms with Gasteiger partial charge in [0.1, 0.15) is 11.5 Å². The van der Waals surface area contributed by atoms with E-state index in [1.807, 2.05) is 33.8 Å². The standard InChI is InChI=1S/C18H22O3.2C2H6/c1-5-12(2)16-10-11-17(20-4)18(13(16)3)21-15-8-6-14(19)7-9-15;2*1-2/h6-12,19H,5H2,1-4H3;2*1-2H3. The molecule has 2 rings (SSSR count). The third-order valence-electron chi connectivity index (χ3n) is 3.83. The lowest BCUT2D eigenvalue weighted by atomic mass is 9.93. The Morgan fingerprint density at radius 3 is 2.00 bits per heavy atom. The van der Waals surface area contributed by atoms with Crippen LogP contribution in [0, 0.1) is 6.92 Å². The molecule has 0 radical (unpaired) electrons. The second-order valence-corrected chi connectivity index (χ2v) is 5.22. The number of hydrogen-bond acceptors (Lipinski definition) is 3. The van der Waals surface area contributed by atoms with Gasteiger partial charge in [0.15, 0.2) is 11.5 Å². The minimum Gasteiger partial charge on any atom is -0.508 e. The first-order valence-corrected chi connectivity index (χ1v) is 9.21. The predicted octanol–water partition coefficient (Wildman–Crippen LogP) is 7.07. The zero-order valence-corrected chi connectivity index (χ0v) is 17.0. The summed E-state index contributed by atoms with van der Waals surface area (Å²) in [6.45, 7) is 14.4. The molecule has 1 unspecified atom stereocenters. The number of ether oxygens (including phenoxy) is 2. The third kappa shape index (κ3) is 6.33. The number of rotatable bonds is 5. The van der Waals surface area contributed by atoms with Gasteiger partial charge in [0.2, 0.25) is 0 Å². The summed E-state index contributed by atoms with van der Waals surface area (Å²) in [4.78, 5) is 0. The molecule has 0 aliphatic carbocycles. The Labute approximate surface area is 153 Å². The minimum atomic E-state index is 0.222. The molecule has 140 valence electrons. The molecule has 0 aromatic heterocycles. The Morgan fingerprint density at radius 1 is 0.960 bits per heavy atom. The normalized spacial score (nSPS) is 10.6. The molecule has 1 atom stereocenters. The Morgan fingerprint density at radius 2 is 1.52 bits per heavy atom. The van der Waals surface area contributed by atoms with E-state index < -0.39 is 0 Å². The van der Waals surface area contributed by atoms with E-state index in [-0.39, 0.29) is 5.75 Å². The molecule has 0 aliphatic heterocycles. The molecule has 3 heteroatoms. The molecule has 3 nitrogen and oxygen atoms in total. The number of methoxy groups -OCH3 is 1. The van der Waals surface area contributed by atoms with Crippen molar-refractivity contribution in [2.24, 2.45) is 0 Å². The lowest BCUT2D eigenvalue weighted by Crippen LogP contribution is -2.00. The maximum Gasteiger partial charge on any atom is 0.172 e. The van der Waals surface area contributed by atoms with E-state index in [1.165, 1.54) is 5.56 Å². The van der Waals surface area contributed by atoms with Crippen molar-refractivity contribution in [3.63, 3.8) is 0 Å². The highest BCUT2D eigenvalue weighted by Crippen LogP contribution is 2.39. The van der Waals surface area contributed by atoms with Gasteiger partial charge in [-0.25, -0.2) is 0 Å². The van der Waals surface area contributed by atoms with Crippen LogP contribution in [0.25, 0.3) is 0 Å². The number of hydrogen-bond donors (Lipinski definition) is 1. The van der Waals surface area contributed by atoms with Gasteiger partial charge >= 0.3 is 0 Å². The van der Waals surface area contributed by atoms with Crippen LogP contribution >= 0.6 is 0 Å². The summed E-state index contributed by atoms with van der Waals surface area (Å²) in [7, 11) is 1.64. The van der Waals surface area contributed by atoms with Crippen molar-refractivity contribution in [1.29, 1.82) is 0 Å². The molecule has 0 spiro atoms. The van der Waals surface area contributed by atoms with Crippen LogP contribution in [-0.4, -0.2) is 12.2 Å². The van der Waals surface area contributed by atoms with Gasteiger partial charge in [-0.3, -0.25) is 0 Å². The minimum absolute atomic E-state index is 0.222. The molecular weight excluding hydrogens is 312 g/mol. The summed E-state index contributed by atoms with van der Waals surface area (Å²) in [5.41, 5.74) is 2.36. The highest BCUT2D eigenvalue weighted by Gasteiger charge is 2.16. The SMILES string of the molecule is CC.CC.CCC(C)c1ccc(OC)c(Oc2ccc(O)cc2)c1C. The predicted molar refractivity (Wildman–Crippen MR) is 107 cm³/mol. The van der Waals surface area contributed by atoms with Crippen LogP contribution in [0.5, 0.6) is 23.0 Å². The summed E-state index contributed by atoms with van der Waals surface area (Å²) in [6.07, 6.45) is 1.08. The lowest BCUT2D eigenvalue weighted by Gasteiger charge is -2.19. The van der Waals surface area contributed by atoms with E-state index in [1.54, 1.807) is 31.4 Å². The maximum atomic E-state index is 9.35. The van der Waals surface area contributed by atoms with Gasteiger partial charge in [-0.1, -0.05) is 47.6 Å². The van der Waals surface area contributed by atoms with Crippen LogP contribution in [-0.2, 0) is 0 Å². The fraction of sp³-hybridized carbons (Fsp3) is 0.455. The molecular formula is C22H34O3. The zero-order valence-electron chi connectivity index (χ0n) is 17.0. The molecule has 0 saturated carbocycles. The topological polar surface area (TPSA) is 38.7 Å². The molecule has 0 fully saturated rings. The molecule has 2 aromatic carbocycles. The fourth-order valence-corrected chi connectivity index (χ4v) is 2.36. The molecule has 0 aliphatic rings. The van der Waals surface area contributed by atoms with Gasteiger partial charge in [-0.05, 0) is 60.7 Å². The second kappa shape index (κ2) is 12.2. The molecule has 0 heterocycles. The molecule has 0 saturated heterocycles. The molecule has 0 bridgehead atoms. The Hall–Kier alpha value is -2.16. The summed E-state index contributed by atoms with van der Waals surface area (Å²) in [5.74, 6) is 2.82. The summed E-state index contributed by atoms with van der Waals surface area (Å²) in [5, 5.41) is 9.35. The number of phenols is 1. The monoisotopic (exact) mass is 346 g/mol. The average molecular weight is 347 g/mol. The Kier molecular flexibility index (Phi) is 11.2. The van der Waals surface area contributed by atoms with E-state index in [4.69, 9.17) is 9.47 Å². The number of benzene rings is 2. The van der Waals surface area contributed by atoms with E-state index in [0.717, 1.165) is 17.7 Å². The van der Waals surface area contributed by atoms with Crippen molar-refractivity contribution in [2.45, 2.75) is 60.8 Å². The van der Waals surface area contributed by atoms with Crippen LogP contribution in [0.4, 0.5) is 0 Å². The van der Waals surface area contributed by atoms with E-state index >= 15 is 0 Å². The third-order valence-corrected chi connectivity index (χ3v) is 3.83. The highest BCUT2D eigenvalue weighted by atomic mass is 16.5.